The van der Waals surface area contributed by atoms with Gasteiger partial charge in [0.1, 0.15) is 24.0 Å². The Morgan fingerprint density at radius 2 is 1.95 bits per heavy atom. The fourth-order valence-corrected chi connectivity index (χ4v) is 4.82. The van der Waals surface area contributed by atoms with Gasteiger partial charge in [0.2, 0.25) is 0 Å². The van der Waals surface area contributed by atoms with Gasteiger partial charge in [-0.1, -0.05) is 18.2 Å². The highest BCUT2D eigenvalue weighted by Gasteiger charge is 2.31. The van der Waals surface area contributed by atoms with Gasteiger partial charge in [-0.25, -0.2) is 24.1 Å². The normalized spacial score (nSPS) is 14.2. The minimum atomic E-state index is -2.18. The summed E-state index contributed by atoms with van der Waals surface area (Å²) in [6.07, 6.45) is 5.99. The van der Waals surface area contributed by atoms with Crippen LogP contribution < -0.4 is 10.6 Å². The van der Waals surface area contributed by atoms with Gasteiger partial charge in [-0.3, -0.25) is 4.90 Å². The zero-order chi connectivity index (χ0) is 27.7. The molecule has 0 saturated heterocycles. The number of alkyl halides is 1. The van der Waals surface area contributed by atoms with Crippen molar-refractivity contribution < 1.29 is 24.5 Å². The van der Waals surface area contributed by atoms with Crippen LogP contribution in [0.4, 0.5) is 16.0 Å². The third-order valence-corrected chi connectivity index (χ3v) is 7.07. The van der Waals surface area contributed by atoms with E-state index in [1.54, 1.807) is 4.90 Å². The number of aryl methyl sites for hydroxylation is 2. The van der Waals surface area contributed by atoms with Gasteiger partial charge in [0.15, 0.2) is 5.67 Å². The lowest BCUT2D eigenvalue weighted by molar-refractivity contribution is -0.138. The maximum Gasteiger partial charge on any atom is 0.326 e. The molecule has 11 heteroatoms. The summed E-state index contributed by atoms with van der Waals surface area (Å²) in [6, 6.07) is 10.5. The van der Waals surface area contributed by atoms with Crippen LogP contribution >= 0.6 is 0 Å². The Labute approximate surface area is 227 Å². The summed E-state index contributed by atoms with van der Waals surface area (Å²) in [5, 5.41) is 36.0. The van der Waals surface area contributed by atoms with Crippen molar-refractivity contribution in [3.05, 3.63) is 54.0 Å². The number of para-hydroxylation sites is 1. The first-order chi connectivity index (χ1) is 18.9. The highest BCUT2D eigenvalue weighted by Crippen LogP contribution is 2.22. The number of halogens is 1. The van der Waals surface area contributed by atoms with Crippen LogP contribution in [0.5, 0.6) is 0 Å². The molecule has 0 amide bonds. The monoisotopic (exact) mass is 540 g/mol. The van der Waals surface area contributed by atoms with Gasteiger partial charge < -0.3 is 26.0 Å². The SMILES string of the molecule is O=C(O)[C@H](CCN(CCCCc1ccc2c(n1)NCCC2)CC(F)(CO)CO)Nc1ncnc2ccccc12. The molecule has 39 heavy (non-hydrogen) atoms. The number of rotatable bonds is 15. The van der Waals surface area contributed by atoms with Gasteiger partial charge in [0.25, 0.3) is 0 Å². The molecule has 5 N–H and O–H groups in total. The van der Waals surface area contributed by atoms with E-state index in [0.717, 1.165) is 50.2 Å². The number of pyridine rings is 1. The summed E-state index contributed by atoms with van der Waals surface area (Å²) in [7, 11) is 0. The summed E-state index contributed by atoms with van der Waals surface area (Å²) in [5.41, 5.74) is 0.742. The van der Waals surface area contributed by atoms with Crippen molar-refractivity contribution in [1.29, 1.82) is 0 Å². The number of aliphatic carboxylic acids is 1. The average Bonchev–Trinajstić information content (AvgIpc) is 2.96. The van der Waals surface area contributed by atoms with Crippen LogP contribution in [0.1, 0.15) is 36.9 Å². The summed E-state index contributed by atoms with van der Waals surface area (Å²) >= 11 is 0. The second-order valence-corrected chi connectivity index (χ2v) is 10.1. The number of hydrogen-bond acceptors (Lipinski definition) is 9. The van der Waals surface area contributed by atoms with E-state index < -0.39 is 30.9 Å². The first kappa shape index (κ1) is 28.6. The number of aromatic nitrogens is 3. The molecule has 0 fully saturated rings. The third kappa shape index (κ3) is 7.81. The molecule has 3 aromatic rings. The van der Waals surface area contributed by atoms with Gasteiger partial charge in [-0.15, -0.1) is 0 Å². The largest absolute Gasteiger partial charge is 0.480 e. The Balaban J connectivity index is 1.36. The van der Waals surface area contributed by atoms with E-state index >= 15 is 0 Å². The molecule has 1 atom stereocenters. The molecule has 4 rings (SSSR count). The fraction of sp³-hybridized carbons (Fsp3) is 0.500. The average molecular weight is 541 g/mol. The third-order valence-electron chi connectivity index (χ3n) is 7.07. The number of carbonyl (C=O) groups is 1. The minimum Gasteiger partial charge on any atom is -0.480 e. The molecular weight excluding hydrogens is 503 g/mol. The zero-order valence-electron chi connectivity index (χ0n) is 22.0. The van der Waals surface area contributed by atoms with Gasteiger partial charge >= 0.3 is 5.97 Å². The van der Waals surface area contributed by atoms with Crippen LogP contribution in [-0.2, 0) is 17.6 Å². The molecule has 3 heterocycles. The van der Waals surface area contributed by atoms with Crippen LogP contribution in [-0.4, -0.2) is 92.2 Å². The molecule has 0 aliphatic carbocycles. The number of hydrogen-bond donors (Lipinski definition) is 5. The standard InChI is InChI=1S/C28H37FN6O4/c29-28(17-36,18-37)16-35(14-4-3-7-21-11-10-20-6-5-13-30-25(20)33-21)15-12-24(27(38)39)34-26-22-8-1-2-9-23(22)31-19-32-26/h1-2,8-11,19,24,36-37H,3-7,12-18H2,(H,30,33)(H,38,39)(H,31,32,34)/t24-/m0/s1. The molecule has 0 radical (unpaired) electrons. The maximum atomic E-state index is 14.9. The number of carboxylic acids is 1. The van der Waals surface area contributed by atoms with E-state index in [1.807, 2.05) is 30.3 Å². The minimum absolute atomic E-state index is 0.165. The second kappa shape index (κ2) is 13.6. The van der Waals surface area contributed by atoms with E-state index in [4.69, 9.17) is 4.98 Å². The number of fused-ring (bicyclic) bond motifs is 2. The fourth-order valence-electron chi connectivity index (χ4n) is 4.82. The Kier molecular flexibility index (Phi) is 9.96. The molecule has 210 valence electrons. The van der Waals surface area contributed by atoms with Crippen molar-refractivity contribution in [1.82, 2.24) is 19.9 Å². The quantitative estimate of drug-likeness (QED) is 0.183. The molecule has 1 aliphatic rings. The lowest BCUT2D eigenvalue weighted by Crippen LogP contribution is -2.47. The van der Waals surface area contributed by atoms with Crippen molar-refractivity contribution in [2.75, 3.05) is 50.0 Å². The number of anilines is 2. The highest BCUT2D eigenvalue weighted by atomic mass is 19.1. The number of aliphatic hydroxyl groups is 2. The topological polar surface area (TPSA) is 144 Å². The molecule has 0 bridgehead atoms. The van der Waals surface area contributed by atoms with Crippen molar-refractivity contribution in [3.8, 4) is 0 Å². The Morgan fingerprint density at radius 3 is 2.74 bits per heavy atom. The number of carboxylic acid groups (broad SMARTS) is 1. The summed E-state index contributed by atoms with van der Waals surface area (Å²) in [5.74, 6) is 0.315. The van der Waals surface area contributed by atoms with E-state index in [9.17, 15) is 24.5 Å². The Hall–Kier alpha value is -3.41. The number of unbranched alkanes of at least 4 members (excludes halogenated alkanes) is 1. The maximum absolute atomic E-state index is 14.9. The van der Waals surface area contributed by atoms with E-state index in [-0.39, 0.29) is 19.5 Å². The van der Waals surface area contributed by atoms with Gasteiger partial charge in [0, 0.05) is 30.7 Å². The number of nitrogens with zero attached hydrogens (tertiary/aromatic N) is 4. The molecule has 2 aromatic heterocycles. The summed E-state index contributed by atoms with van der Waals surface area (Å²) in [4.78, 5) is 27.0. The van der Waals surface area contributed by atoms with Crippen molar-refractivity contribution in [3.63, 3.8) is 0 Å². The van der Waals surface area contributed by atoms with Gasteiger partial charge in [-0.05, 0) is 68.8 Å². The molecule has 1 aromatic carbocycles. The lowest BCUT2D eigenvalue weighted by atomic mass is 10.0. The van der Waals surface area contributed by atoms with Crippen LogP contribution in [0.15, 0.2) is 42.7 Å². The van der Waals surface area contributed by atoms with Gasteiger partial charge in [-0.2, -0.15) is 0 Å². The summed E-state index contributed by atoms with van der Waals surface area (Å²) < 4.78 is 14.9. The Morgan fingerprint density at radius 1 is 1.13 bits per heavy atom. The van der Waals surface area contributed by atoms with Crippen LogP contribution in [0, 0.1) is 0 Å². The van der Waals surface area contributed by atoms with Crippen molar-refractivity contribution in [2.24, 2.45) is 0 Å². The van der Waals surface area contributed by atoms with E-state index in [2.05, 4.69) is 26.7 Å². The second-order valence-electron chi connectivity index (χ2n) is 10.1. The molecule has 0 spiro atoms. The first-order valence-corrected chi connectivity index (χ1v) is 13.5. The van der Waals surface area contributed by atoms with Gasteiger partial charge in [0.05, 0.1) is 18.7 Å². The number of aliphatic hydroxyl groups excluding tert-OH is 2. The number of nitrogens with one attached hydrogen (secondary N) is 2. The van der Waals surface area contributed by atoms with Crippen LogP contribution in [0.2, 0.25) is 0 Å². The van der Waals surface area contributed by atoms with Crippen LogP contribution in [0.3, 0.4) is 0 Å². The summed E-state index contributed by atoms with van der Waals surface area (Å²) in [6.45, 7) is -0.182. The van der Waals surface area contributed by atoms with E-state index in [1.165, 1.54) is 11.9 Å². The molecule has 10 nitrogen and oxygen atoms in total. The molecular formula is C28H37FN6O4. The lowest BCUT2D eigenvalue weighted by Gasteiger charge is -2.31. The number of benzene rings is 1. The highest BCUT2D eigenvalue weighted by molar-refractivity contribution is 5.90. The van der Waals surface area contributed by atoms with Crippen LogP contribution in [0.25, 0.3) is 10.9 Å². The Bertz CT molecular complexity index is 1240. The molecule has 1 aliphatic heterocycles. The predicted molar refractivity (Wildman–Crippen MR) is 148 cm³/mol. The zero-order valence-corrected chi connectivity index (χ0v) is 22.0. The van der Waals surface area contributed by atoms with Crippen molar-refractivity contribution >= 4 is 28.5 Å². The van der Waals surface area contributed by atoms with Crippen molar-refractivity contribution in [2.45, 2.75) is 50.2 Å². The first-order valence-electron chi connectivity index (χ1n) is 13.5. The smallest absolute Gasteiger partial charge is 0.326 e. The predicted octanol–water partition coefficient (Wildman–Crippen LogP) is 2.66. The molecule has 0 unspecified atom stereocenters. The van der Waals surface area contributed by atoms with E-state index in [0.29, 0.717) is 23.3 Å². The molecule has 0 saturated carbocycles.